The summed E-state index contributed by atoms with van der Waals surface area (Å²) in [4.78, 5) is 0. The Morgan fingerprint density at radius 3 is 2.61 bits per heavy atom. The molecule has 1 aliphatic carbocycles. The summed E-state index contributed by atoms with van der Waals surface area (Å²) >= 11 is 0. The predicted octanol–water partition coefficient (Wildman–Crippen LogP) is 0.476. The van der Waals surface area contributed by atoms with Gasteiger partial charge in [0.05, 0.1) is 0 Å². The average Bonchev–Trinajstić information content (AvgIpc) is 2.59. The highest BCUT2D eigenvalue weighted by atomic mass is 16.5. The molecule has 1 heterocycles. The molecule has 0 aromatic heterocycles. The van der Waals surface area contributed by atoms with Crippen LogP contribution in [0.4, 0.5) is 0 Å². The van der Waals surface area contributed by atoms with Gasteiger partial charge in [0, 0.05) is 29.2 Å². The molecular weight excluding hydrogens is 286 g/mol. The van der Waals surface area contributed by atoms with Crippen molar-refractivity contribution in [2.24, 2.45) is 0 Å². The van der Waals surface area contributed by atoms with E-state index in [-0.39, 0.29) is 6.71 Å². The van der Waals surface area contributed by atoms with Crippen molar-refractivity contribution in [3.63, 3.8) is 0 Å². The van der Waals surface area contributed by atoms with Crippen LogP contribution in [0, 0.1) is 6.08 Å². The van der Waals surface area contributed by atoms with Crippen LogP contribution in [0.25, 0.3) is 0 Å². The summed E-state index contributed by atoms with van der Waals surface area (Å²) in [6.45, 7) is -0.0109. The molecule has 3 nitrogen and oxygen atoms in total. The maximum absolute atomic E-state index is 9.66. The number of rotatable bonds is 2. The smallest absolute Gasteiger partial charge is 0.459 e. The zero-order valence-electron chi connectivity index (χ0n) is 12.3. The Balaban J connectivity index is 1.96. The van der Waals surface area contributed by atoms with Gasteiger partial charge >= 0.3 is 7.12 Å². The van der Waals surface area contributed by atoms with Crippen molar-refractivity contribution in [2.75, 3.05) is 0 Å². The van der Waals surface area contributed by atoms with Crippen molar-refractivity contribution in [3.8, 4) is 11.5 Å². The largest absolute Gasteiger partial charge is 0.492 e. The summed E-state index contributed by atoms with van der Waals surface area (Å²) in [5, 5.41) is 19.3. The lowest BCUT2D eigenvalue weighted by Crippen LogP contribution is -2.50. The zero-order chi connectivity index (χ0) is 15.8. The number of para-hydroxylation sites is 2. The van der Waals surface area contributed by atoms with Crippen LogP contribution in [0.2, 0.25) is 0 Å². The van der Waals surface area contributed by atoms with Crippen LogP contribution >= 0.6 is 0 Å². The summed E-state index contributed by atoms with van der Waals surface area (Å²) in [5.74, 6) is 1.27. The van der Waals surface area contributed by atoms with Crippen molar-refractivity contribution < 1.29 is 14.8 Å². The third-order valence-electron chi connectivity index (χ3n) is 4.18. The lowest BCUT2D eigenvalue weighted by Gasteiger charge is -2.27. The monoisotopic (exact) mass is 299 g/mol. The highest BCUT2D eigenvalue weighted by molar-refractivity contribution is 6.93. The first-order valence-electron chi connectivity index (χ1n) is 7.47. The van der Waals surface area contributed by atoms with Crippen molar-refractivity contribution in [1.29, 1.82) is 0 Å². The van der Waals surface area contributed by atoms with Gasteiger partial charge in [0.2, 0.25) is 0 Å². The van der Waals surface area contributed by atoms with Crippen molar-refractivity contribution >= 4 is 30.2 Å². The van der Waals surface area contributed by atoms with Crippen LogP contribution < -0.4 is 21.1 Å². The Labute approximate surface area is 135 Å². The van der Waals surface area contributed by atoms with Gasteiger partial charge in [0.15, 0.2) is 0 Å². The molecule has 0 spiro atoms. The van der Waals surface area contributed by atoms with Gasteiger partial charge in [-0.1, -0.05) is 36.4 Å². The fraction of sp³-hybridized carbons (Fsp3) is 0. The minimum Gasteiger partial charge on any atom is -0.459 e. The van der Waals surface area contributed by atoms with Crippen molar-refractivity contribution in [2.45, 2.75) is 0 Å². The van der Waals surface area contributed by atoms with E-state index < -0.39 is 7.12 Å². The maximum Gasteiger partial charge on any atom is 0.492 e. The second kappa shape index (κ2) is 5.56. The van der Waals surface area contributed by atoms with Gasteiger partial charge in [0.25, 0.3) is 6.71 Å². The first-order valence-corrected chi connectivity index (χ1v) is 7.47. The van der Waals surface area contributed by atoms with E-state index in [9.17, 15) is 10.0 Å². The van der Waals surface area contributed by atoms with Crippen molar-refractivity contribution in [1.82, 2.24) is 0 Å². The van der Waals surface area contributed by atoms with Crippen LogP contribution in [-0.2, 0) is 0 Å². The van der Waals surface area contributed by atoms with E-state index >= 15 is 0 Å². The fourth-order valence-electron chi connectivity index (χ4n) is 3.16. The molecule has 0 unspecified atom stereocenters. The molecule has 2 aromatic rings. The number of hydrogen-bond donors (Lipinski definition) is 2. The fourth-order valence-corrected chi connectivity index (χ4v) is 3.16. The molecule has 0 saturated carbocycles. The molecule has 0 bridgehead atoms. The van der Waals surface area contributed by atoms with Gasteiger partial charge in [0.1, 0.15) is 23.7 Å². The molecular formula is C18H13B2O3+. The molecule has 23 heavy (non-hydrogen) atoms. The Morgan fingerprint density at radius 1 is 1.00 bits per heavy atom. The standard InChI is InChI=1S/C18H13B2O3/c21-20(22)16-11-6-10-15-18(16)23-17-12-5-4-9-14(17)19(15)13-7-2-1-3-8-13/h2-12,21-22H/q+1. The third-order valence-corrected chi connectivity index (χ3v) is 4.18. The summed E-state index contributed by atoms with van der Waals surface area (Å²) in [6, 6.07) is 13.3. The summed E-state index contributed by atoms with van der Waals surface area (Å²) in [6.07, 6.45) is 10.9. The molecule has 1 aliphatic heterocycles. The van der Waals surface area contributed by atoms with E-state index in [2.05, 4.69) is 6.08 Å². The third kappa shape index (κ3) is 2.32. The van der Waals surface area contributed by atoms with E-state index in [4.69, 9.17) is 4.74 Å². The van der Waals surface area contributed by atoms with E-state index in [0.717, 1.165) is 22.1 Å². The number of ether oxygens (including phenoxy) is 1. The molecule has 0 radical (unpaired) electrons. The molecule has 2 N–H and O–H groups in total. The minimum atomic E-state index is -1.57. The Kier molecular flexibility index (Phi) is 3.40. The second-order valence-electron chi connectivity index (χ2n) is 5.55. The molecule has 2 aromatic carbocycles. The molecule has 0 fully saturated rings. The molecule has 4 rings (SSSR count). The van der Waals surface area contributed by atoms with Gasteiger partial charge in [-0.05, 0) is 17.0 Å². The molecule has 5 heteroatoms. The van der Waals surface area contributed by atoms with Gasteiger partial charge in [-0.3, -0.25) is 0 Å². The molecule has 2 aliphatic rings. The zero-order valence-corrected chi connectivity index (χ0v) is 12.3. The van der Waals surface area contributed by atoms with Gasteiger partial charge in [-0.2, -0.15) is 0 Å². The van der Waals surface area contributed by atoms with Crippen LogP contribution in [0.3, 0.4) is 0 Å². The summed E-state index contributed by atoms with van der Waals surface area (Å²) in [5.41, 5.74) is 3.49. The number of allylic oxidation sites excluding steroid dienone is 6. The summed E-state index contributed by atoms with van der Waals surface area (Å²) in [7, 11) is -1.57. The number of hydrogen-bond acceptors (Lipinski definition) is 3. The second-order valence-corrected chi connectivity index (χ2v) is 5.55. The van der Waals surface area contributed by atoms with Crippen LogP contribution in [0.1, 0.15) is 0 Å². The maximum atomic E-state index is 9.66. The van der Waals surface area contributed by atoms with Gasteiger partial charge < -0.3 is 14.8 Å². The molecule has 0 saturated heterocycles. The average molecular weight is 299 g/mol. The lowest BCUT2D eigenvalue weighted by molar-refractivity contribution is 0.421. The number of benzene rings is 2. The first kappa shape index (κ1) is 14.0. The topological polar surface area (TPSA) is 49.7 Å². The van der Waals surface area contributed by atoms with E-state index in [1.807, 2.05) is 60.7 Å². The van der Waals surface area contributed by atoms with E-state index in [1.54, 1.807) is 6.07 Å². The lowest BCUT2D eigenvalue weighted by atomic mass is 9.34. The Hall–Kier alpha value is -2.58. The highest BCUT2D eigenvalue weighted by Gasteiger charge is 2.37. The molecule has 0 amide bonds. The Morgan fingerprint density at radius 2 is 1.83 bits per heavy atom. The SMILES string of the molecule is OB(O)c1cccc2c1Oc1ccccc1B2C1=CC=[C+]C=C1. The van der Waals surface area contributed by atoms with Crippen LogP contribution in [-0.4, -0.2) is 23.9 Å². The highest BCUT2D eigenvalue weighted by Crippen LogP contribution is 2.26. The quantitative estimate of drug-likeness (QED) is 0.626. The van der Waals surface area contributed by atoms with E-state index in [1.165, 1.54) is 0 Å². The van der Waals surface area contributed by atoms with Gasteiger partial charge in [-0.15, -0.1) is 0 Å². The Bertz CT molecular complexity index is 853. The van der Waals surface area contributed by atoms with Crippen LogP contribution in [0.5, 0.6) is 11.5 Å². The summed E-state index contributed by atoms with van der Waals surface area (Å²) < 4.78 is 5.99. The van der Waals surface area contributed by atoms with Crippen molar-refractivity contribution in [3.05, 3.63) is 78.3 Å². The van der Waals surface area contributed by atoms with Gasteiger partial charge in [-0.25, -0.2) is 0 Å². The molecule has 0 atom stereocenters. The predicted molar refractivity (Wildman–Crippen MR) is 92.8 cm³/mol. The van der Waals surface area contributed by atoms with E-state index in [0.29, 0.717) is 11.2 Å². The van der Waals surface area contributed by atoms with Crippen LogP contribution in [0.15, 0.2) is 72.2 Å². The normalized spacial score (nSPS) is 14.3. The minimum absolute atomic E-state index is 0.0109. The molecule has 108 valence electrons. The number of fused-ring (bicyclic) bond motifs is 2. The first-order chi connectivity index (χ1) is 11.3.